The van der Waals surface area contributed by atoms with Gasteiger partial charge in [-0.1, -0.05) is 0 Å². The average molecular weight is 309 g/mol. The topological polar surface area (TPSA) is 97.6 Å². The molecule has 6 nitrogen and oxygen atoms in total. The van der Waals surface area contributed by atoms with Crippen LogP contribution in [0.1, 0.15) is 21.6 Å². The summed E-state index contributed by atoms with van der Waals surface area (Å²) in [5, 5.41) is 6.88. The van der Waals surface area contributed by atoms with E-state index in [1.165, 1.54) is 12.1 Å². The summed E-state index contributed by atoms with van der Waals surface area (Å²) in [5.74, 6) is -0.359. The third-order valence-electron chi connectivity index (χ3n) is 3.95. The van der Waals surface area contributed by atoms with Gasteiger partial charge in [-0.3, -0.25) is 9.89 Å². The van der Waals surface area contributed by atoms with Crippen LogP contribution < -0.4 is 5.73 Å². The number of hydrogen-bond donors (Lipinski definition) is 2. The molecular formula is C16H12FN5O. The van der Waals surface area contributed by atoms with Gasteiger partial charge in [0, 0.05) is 17.3 Å². The highest BCUT2D eigenvalue weighted by Gasteiger charge is 2.26. The van der Waals surface area contributed by atoms with Crippen LogP contribution in [0.3, 0.4) is 0 Å². The molecule has 0 bridgehead atoms. The lowest BCUT2D eigenvalue weighted by atomic mass is 9.93. The Kier molecular flexibility index (Phi) is 2.94. The van der Waals surface area contributed by atoms with E-state index >= 15 is 0 Å². The van der Waals surface area contributed by atoms with E-state index in [-0.39, 0.29) is 5.82 Å². The van der Waals surface area contributed by atoms with Gasteiger partial charge in [0.15, 0.2) is 5.82 Å². The second-order valence-electron chi connectivity index (χ2n) is 5.36. The molecule has 0 unspecified atom stereocenters. The van der Waals surface area contributed by atoms with Gasteiger partial charge in [-0.25, -0.2) is 14.4 Å². The summed E-state index contributed by atoms with van der Waals surface area (Å²) in [6.45, 7) is 0. The highest BCUT2D eigenvalue weighted by molar-refractivity contribution is 5.94. The summed E-state index contributed by atoms with van der Waals surface area (Å²) in [7, 11) is 0. The number of carbonyl (C=O) groups excluding carboxylic acids is 1. The van der Waals surface area contributed by atoms with Crippen molar-refractivity contribution in [1.82, 2.24) is 20.2 Å². The fourth-order valence-electron chi connectivity index (χ4n) is 2.80. The van der Waals surface area contributed by atoms with Gasteiger partial charge in [0.1, 0.15) is 17.2 Å². The van der Waals surface area contributed by atoms with Crippen molar-refractivity contribution in [1.29, 1.82) is 0 Å². The van der Waals surface area contributed by atoms with E-state index in [2.05, 4.69) is 20.2 Å². The van der Waals surface area contributed by atoms with Crippen molar-refractivity contribution >= 4 is 5.91 Å². The lowest BCUT2D eigenvalue weighted by molar-refractivity contribution is 0.0994. The molecule has 4 rings (SSSR count). The SMILES string of the molecule is NC(=O)c1[nH]nc2c1CCc1cnc(-c3ccc(F)cc3)nc1-2. The molecule has 3 aromatic rings. The van der Waals surface area contributed by atoms with Crippen LogP contribution in [0.15, 0.2) is 30.5 Å². The lowest BCUT2D eigenvalue weighted by Gasteiger charge is -2.15. The van der Waals surface area contributed by atoms with Gasteiger partial charge in [0.2, 0.25) is 0 Å². The molecular weight excluding hydrogens is 297 g/mol. The molecule has 0 saturated heterocycles. The maximum absolute atomic E-state index is 13.1. The van der Waals surface area contributed by atoms with Crippen molar-refractivity contribution in [3.8, 4) is 22.8 Å². The van der Waals surface area contributed by atoms with Gasteiger partial charge in [0.25, 0.3) is 5.91 Å². The number of rotatable bonds is 2. The van der Waals surface area contributed by atoms with Gasteiger partial charge in [0.05, 0.1) is 5.69 Å². The zero-order chi connectivity index (χ0) is 16.0. The van der Waals surface area contributed by atoms with Crippen molar-refractivity contribution in [3.63, 3.8) is 0 Å². The zero-order valence-electron chi connectivity index (χ0n) is 12.0. The number of H-pyrrole nitrogens is 1. The Hall–Kier alpha value is -3.09. The Bertz CT molecular complexity index is 917. The van der Waals surface area contributed by atoms with Gasteiger partial charge in [-0.2, -0.15) is 5.10 Å². The second kappa shape index (κ2) is 4.98. The maximum Gasteiger partial charge on any atom is 0.267 e. The Morgan fingerprint density at radius 1 is 1.17 bits per heavy atom. The van der Waals surface area contributed by atoms with E-state index in [9.17, 15) is 9.18 Å². The maximum atomic E-state index is 13.1. The van der Waals surface area contributed by atoms with Gasteiger partial charge in [-0.15, -0.1) is 0 Å². The normalized spacial score (nSPS) is 12.6. The monoisotopic (exact) mass is 309 g/mol. The molecule has 0 spiro atoms. The van der Waals surface area contributed by atoms with Crippen LogP contribution in [0.25, 0.3) is 22.8 Å². The third kappa shape index (κ3) is 2.17. The van der Waals surface area contributed by atoms with Crippen molar-refractivity contribution in [2.45, 2.75) is 12.8 Å². The number of nitrogens with zero attached hydrogens (tertiary/aromatic N) is 3. The van der Waals surface area contributed by atoms with Crippen LogP contribution in [-0.2, 0) is 12.8 Å². The minimum atomic E-state index is -0.532. The van der Waals surface area contributed by atoms with Crippen LogP contribution >= 0.6 is 0 Å². The molecule has 114 valence electrons. The quantitative estimate of drug-likeness (QED) is 0.755. The minimum absolute atomic E-state index is 0.313. The number of nitrogens with one attached hydrogen (secondary N) is 1. The summed E-state index contributed by atoms with van der Waals surface area (Å²) in [5.41, 5.74) is 9.46. The molecule has 0 atom stereocenters. The highest BCUT2D eigenvalue weighted by Crippen LogP contribution is 2.32. The molecule has 1 amide bonds. The van der Waals surface area contributed by atoms with Crippen molar-refractivity contribution < 1.29 is 9.18 Å². The first kappa shape index (κ1) is 13.6. The van der Waals surface area contributed by atoms with Crippen molar-refractivity contribution in [3.05, 3.63) is 53.1 Å². The van der Waals surface area contributed by atoms with Crippen LogP contribution in [-0.4, -0.2) is 26.1 Å². The third-order valence-corrected chi connectivity index (χ3v) is 3.95. The molecule has 3 N–H and O–H groups in total. The Balaban J connectivity index is 1.84. The predicted octanol–water partition coefficient (Wildman–Crippen LogP) is 1.87. The van der Waals surface area contributed by atoms with Gasteiger partial charge >= 0.3 is 0 Å². The number of nitrogens with two attached hydrogens (primary N) is 1. The van der Waals surface area contributed by atoms with E-state index in [4.69, 9.17) is 5.73 Å². The number of benzene rings is 1. The Labute approximate surface area is 130 Å². The number of primary amides is 1. The molecule has 23 heavy (non-hydrogen) atoms. The van der Waals surface area contributed by atoms with E-state index in [1.807, 2.05) is 0 Å². The molecule has 1 aliphatic carbocycles. The highest BCUT2D eigenvalue weighted by atomic mass is 19.1. The summed E-state index contributed by atoms with van der Waals surface area (Å²) >= 11 is 0. The summed E-state index contributed by atoms with van der Waals surface area (Å²) in [4.78, 5) is 20.4. The number of aryl methyl sites for hydroxylation is 1. The number of aromatic amines is 1. The largest absolute Gasteiger partial charge is 0.364 e. The molecule has 0 aliphatic heterocycles. The van der Waals surface area contributed by atoms with Crippen molar-refractivity contribution in [2.24, 2.45) is 5.73 Å². The van der Waals surface area contributed by atoms with E-state index < -0.39 is 5.91 Å². The Morgan fingerprint density at radius 2 is 1.96 bits per heavy atom. The molecule has 0 saturated carbocycles. The first-order chi connectivity index (χ1) is 11.1. The second-order valence-corrected chi connectivity index (χ2v) is 5.36. The van der Waals surface area contributed by atoms with Crippen LogP contribution in [0.5, 0.6) is 0 Å². The summed E-state index contributed by atoms with van der Waals surface area (Å²) in [6.07, 6.45) is 3.13. The van der Waals surface area contributed by atoms with Crippen LogP contribution in [0.4, 0.5) is 4.39 Å². The lowest BCUT2D eigenvalue weighted by Crippen LogP contribution is -2.15. The standard InChI is InChI=1S/C16H12FN5O/c17-10-4-1-8(2-5-10)16-19-7-9-3-6-11-13(12(9)20-16)21-22-14(11)15(18)23/h1-2,4-5,7H,3,6H2,(H2,18,23)(H,21,22). The first-order valence-electron chi connectivity index (χ1n) is 7.13. The average Bonchev–Trinajstić information content (AvgIpc) is 3.00. The Morgan fingerprint density at radius 3 is 2.70 bits per heavy atom. The van der Waals surface area contributed by atoms with E-state index in [1.54, 1.807) is 18.3 Å². The minimum Gasteiger partial charge on any atom is -0.364 e. The molecule has 1 aliphatic rings. The predicted molar refractivity (Wildman–Crippen MR) is 80.9 cm³/mol. The van der Waals surface area contributed by atoms with Gasteiger partial charge < -0.3 is 5.73 Å². The number of carbonyl (C=O) groups is 1. The molecule has 0 fully saturated rings. The number of halogens is 1. The summed E-state index contributed by atoms with van der Waals surface area (Å²) < 4.78 is 13.1. The zero-order valence-corrected chi connectivity index (χ0v) is 12.0. The van der Waals surface area contributed by atoms with E-state index in [0.717, 1.165) is 11.1 Å². The number of hydrogen-bond acceptors (Lipinski definition) is 4. The molecule has 2 heterocycles. The number of fused-ring (bicyclic) bond motifs is 3. The molecule has 7 heteroatoms. The number of amides is 1. The molecule has 1 aromatic carbocycles. The van der Waals surface area contributed by atoms with Crippen LogP contribution in [0, 0.1) is 5.82 Å². The summed E-state index contributed by atoms with van der Waals surface area (Å²) in [6, 6.07) is 5.98. The van der Waals surface area contributed by atoms with Crippen molar-refractivity contribution in [2.75, 3.05) is 0 Å². The fraction of sp³-hybridized carbons (Fsp3) is 0.125. The first-order valence-corrected chi connectivity index (χ1v) is 7.13. The smallest absolute Gasteiger partial charge is 0.267 e. The molecule has 0 radical (unpaired) electrons. The van der Waals surface area contributed by atoms with E-state index in [0.29, 0.717) is 41.3 Å². The number of aromatic nitrogens is 4. The molecule has 2 aromatic heterocycles. The van der Waals surface area contributed by atoms with Crippen LogP contribution in [0.2, 0.25) is 0 Å². The fourth-order valence-corrected chi connectivity index (χ4v) is 2.80. The van der Waals surface area contributed by atoms with Gasteiger partial charge in [-0.05, 0) is 42.7 Å².